The van der Waals surface area contributed by atoms with Crippen LogP contribution in [-0.2, 0) is 43.7 Å². The highest BCUT2D eigenvalue weighted by molar-refractivity contribution is 7.91. The Morgan fingerprint density at radius 2 is 1.95 bits per heavy atom. The number of sulfonamides is 1. The number of carbonyl (C=O) groups excluding carboxylic acids is 3. The topological polar surface area (TPSA) is 168 Å². The normalized spacial score (nSPS) is 21.4. The van der Waals surface area contributed by atoms with Crippen molar-refractivity contribution in [2.45, 2.75) is 49.0 Å². The van der Waals surface area contributed by atoms with Crippen molar-refractivity contribution in [1.82, 2.24) is 24.4 Å². The van der Waals surface area contributed by atoms with E-state index >= 15 is 0 Å². The fourth-order valence-corrected chi connectivity index (χ4v) is 9.58. The van der Waals surface area contributed by atoms with Crippen LogP contribution in [0.1, 0.15) is 41.0 Å². The number of hydrogen-bond acceptors (Lipinski definition) is 10. The van der Waals surface area contributed by atoms with E-state index in [1.54, 1.807) is 23.1 Å². The maximum absolute atomic E-state index is 14.2. The maximum Gasteiger partial charge on any atom is 0.310 e. The first-order chi connectivity index (χ1) is 21.0. The van der Waals surface area contributed by atoms with E-state index in [1.807, 2.05) is 6.92 Å². The van der Waals surface area contributed by atoms with Crippen molar-refractivity contribution in [3.63, 3.8) is 0 Å². The molecular formula is C28H33ClN6O7S2. The Labute approximate surface area is 263 Å². The number of nitrogens with one attached hydrogen (secondary N) is 1. The number of nitrogens with two attached hydrogens (primary N) is 1. The van der Waals surface area contributed by atoms with Gasteiger partial charge in [-0.3, -0.25) is 14.4 Å². The number of morpholine rings is 1. The predicted octanol–water partition coefficient (Wildman–Crippen LogP) is 1.37. The van der Waals surface area contributed by atoms with E-state index in [-0.39, 0.29) is 54.5 Å². The molecule has 236 valence electrons. The molecule has 16 heteroatoms. The van der Waals surface area contributed by atoms with Gasteiger partial charge in [0.25, 0.3) is 15.9 Å². The van der Waals surface area contributed by atoms with Crippen molar-refractivity contribution in [1.29, 1.82) is 0 Å². The lowest BCUT2D eigenvalue weighted by Gasteiger charge is -2.40. The number of nitrogens with zero attached hydrogens (tertiary/aromatic N) is 4. The molecule has 3 aliphatic heterocycles. The molecule has 3 aliphatic rings. The Bertz CT molecular complexity index is 1720. The lowest BCUT2D eigenvalue weighted by Crippen LogP contribution is -2.58. The summed E-state index contributed by atoms with van der Waals surface area (Å²) in [4.78, 5) is 46.8. The third-order valence-electron chi connectivity index (χ3n) is 8.20. The van der Waals surface area contributed by atoms with E-state index in [0.717, 1.165) is 11.3 Å². The number of ether oxygens (including phenoxy) is 1. The van der Waals surface area contributed by atoms with Crippen LogP contribution in [0.4, 0.5) is 0 Å². The molecule has 1 aromatic carbocycles. The average molecular weight is 665 g/mol. The molecule has 2 fully saturated rings. The number of aromatic nitrogens is 1. The van der Waals surface area contributed by atoms with Gasteiger partial charge in [-0.1, -0.05) is 17.7 Å². The number of primary amides is 1. The maximum atomic E-state index is 14.2. The molecule has 3 N–H and O–H groups in total. The first-order valence-corrected chi connectivity index (χ1v) is 17.0. The minimum Gasteiger partial charge on any atom is -0.436 e. The molecule has 5 heterocycles. The smallest absolute Gasteiger partial charge is 0.310 e. The van der Waals surface area contributed by atoms with Crippen molar-refractivity contribution in [2.24, 2.45) is 5.73 Å². The summed E-state index contributed by atoms with van der Waals surface area (Å²) in [5.41, 5.74) is 6.53. The van der Waals surface area contributed by atoms with Gasteiger partial charge in [0.1, 0.15) is 9.97 Å². The quantitative estimate of drug-likeness (QED) is 0.379. The minimum atomic E-state index is -4.16. The molecule has 3 amide bonds. The number of rotatable bonds is 7. The molecule has 2 atom stereocenters. The lowest BCUT2D eigenvalue weighted by atomic mass is 10.1. The van der Waals surface area contributed by atoms with Gasteiger partial charge in [-0.2, -0.15) is 4.31 Å². The number of piperazine rings is 1. The van der Waals surface area contributed by atoms with E-state index in [2.05, 4.69) is 10.3 Å². The molecule has 2 saturated heterocycles. The number of benzene rings is 1. The summed E-state index contributed by atoms with van der Waals surface area (Å²) < 4.78 is 41.5. The van der Waals surface area contributed by atoms with Gasteiger partial charge in [-0.05, 0) is 24.4 Å². The van der Waals surface area contributed by atoms with Crippen LogP contribution in [0.25, 0.3) is 10.1 Å². The highest BCUT2D eigenvalue weighted by Gasteiger charge is 2.41. The highest BCUT2D eigenvalue weighted by atomic mass is 35.5. The summed E-state index contributed by atoms with van der Waals surface area (Å²) in [5.74, 6) is -0.837. The molecule has 0 spiro atoms. The zero-order valence-corrected chi connectivity index (χ0v) is 26.5. The van der Waals surface area contributed by atoms with Crippen LogP contribution in [-0.4, -0.2) is 103 Å². The lowest BCUT2D eigenvalue weighted by molar-refractivity contribution is -0.136. The van der Waals surface area contributed by atoms with Gasteiger partial charge >= 0.3 is 5.91 Å². The van der Waals surface area contributed by atoms with Crippen molar-refractivity contribution in [3.8, 4) is 0 Å². The zero-order chi connectivity index (χ0) is 31.2. The Hall–Kier alpha value is -3.08. The van der Waals surface area contributed by atoms with Gasteiger partial charge in [0.2, 0.25) is 11.8 Å². The second-order valence-corrected chi connectivity index (χ2v) is 14.9. The number of halogens is 1. The number of amides is 3. The standard InChI is InChI=1S/C28H33ClN6O7S2/c1-16-10-21-22(14-31-16)42-26(32-21)27(38)35-5-4-34(15-18(35)12-25(37)33-6-8-41-9-7-33)44(39,40)28-20(13-24(30)36)19-3-2-17(29)11-23(19)43-28/h2-3,11,16,18,31H,4-10,12-15H2,1H3,(H2,30,36). The van der Waals surface area contributed by atoms with Gasteiger partial charge in [0.15, 0.2) is 0 Å². The van der Waals surface area contributed by atoms with Gasteiger partial charge in [-0.15, -0.1) is 11.3 Å². The number of hydrogen-bond donors (Lipinski definition) is 2. The third-order valence-corrected chi connectivity index (χ3v) is 12.0. The summed E-state index contributed by atoms with van der Waals surface area (Å²) in [6.45, 7) is 3.98. The van der Waals surface area contributed by atoms with E-state index in [0.29, 0.717) is 71.4 Å². The molecule has 2 unspecified atom stereocenters. The Kier molecular flexibility index (Phi) is 8.69. The largest absolute Gasteiger partial charge is 0.436 e. The van der Waals surface area contributed by atoms with Crippen molar-refractivity contribution in [2.75, 3.05) is 45.9 Å². The monoisotopic (exact) mass is 664 g/mol. The molecule has 44 heavy (non-hydrogen) atoms. The number of thiophene rings is 1. The second-order valence-electron chi connectivity index (χ2n) is 11.2. The number of carbonyl (C=O) groups is 3. The summed E-state index contributed by atoms with van der Waals surface area (Å²) in [5, 5.41) is 4.30. The van der Waals surface area contributed by atoms with Crippen LogP contribution in [0, 0.1) is 0 Å². The van der Waals surface area contributed by atoms with E-state index in [9.17, 15) is 22.8 Å². The van der Waals surface area contributed by atoms with Crippen molar-refractivity contribution >= 4 is 60.8 Å². The fraction of sp³-hybridized carbons (Fsp3) is 0.500. The molecule has 3 aromatic rings. The van der Waals surface area contributed by atoms with E-state index in [4.69, 9.17) is 26.5 Å². The molecule has 13 nitrogen and oxygen atoms in total. The summed E-state index contributed by atoms with van der Waals surface area (Å²) in [6.07, 6.45) is 0.258. The van der Waals surface area contributed by atoms with Gasteiger partial charge in [0.05, 0.1) is 37.9 Å². The molecule has 6 rings (SSSR count). The summed E-state index contributed by atoms with van der Waals surface area (Å²) >= 11 is 7.19. The van der Waals surface area contributed by atoms with Crippen LogP contribution < -0.4 is 11.1 Å². The van der Waals surface area contributed by atoms with Gasteiger partial charge < -0.3 is 30.0 Å². The predicted molar refractivity (Wildman–Crippen MR) is 162 cm³/mol. The van der Waals surface area contributed by atoms with Crippen LogP contribution >= 0.6 is 22.9 Å². The first kappa shape index (κ1) is 30.9. The second kappa shape index (κ2) is 12.4. The van der Waals surface area contributed by atoms with E-state index in [1.165, 1.54) is 9.21 Å². The van der Waals surface area contributed by atoms with Crippen LogP contribution in [0.3, 0.4) is 0 Å². The molecule has 0 bridgehead atoms. The molecule has 0 radical (unpaired) electrons. The Morgan fingerprint density at radius 3 is 2.70 bits per heavy atom. The van der Waals surface area contributed by atoms with Crippen molar-refractivity contribution < 1.29 is 32.0 Å². The zero-order valence-electron chi connectivity index (χ0n) is 24.1. The summed E-state index contributed by atoms with van der Waals surface area (Å²) in [7, 11) is -4.16. The minimum absolute atomic E-state index is 0.00593. The number of fused-ring (bicyclic) bond motifs is 2. The Balaban J connectivity index is 1.31. The third kappa shape index (κ3) is 6.08. The van der Waals surface area contributed by atoms with Crippen LogP contribution in [0.15, 0.2) is 26.8 Å². The number of oxazole rings is 1. The fourth-order valence-electron chi connectivity index (χ4n) is 5.92. The molecule has 0 saturated carbocycles. The Morgan fingerprint density at radius 1 is 1.18 bits per heavy atom. The first-order valence-electron chi connectivity index (χ1n) is 14.4. The van der Waals surface area contributed by atoms with Gasteiger partial charge in [0, 0.05) is 66.9 Å². The van der Waals surface area contributed by atoms with Crippen LogP contribution in [0.2, 0.25) is 5.02 Å². The van der Waals surface area contributed by atoms with E-state index < -0.39 is 27.9 Å². The summed E-state index contributed by atoms with van der Waals surface area (Å²) in [6, 6.07) is 4.36. The average Bonchev–Trinajstić information content (AvgIpc) is 3.58. The van der Waals surface area contributed by atoms with Crippen LogP contribution in [0.5, 0.6) is 0 Å². The highest BCUT2D eigenvalue weighted by Crippen LogP contribution is 2.38. The molecule has 2 aromatic heterocycles. The SMILES string of the molecule is CC1Cc2nc(C(=O)N3CCN(S(=O)(=O)c4sc5cc(Cl)ccc5c4CC(N)=O)CC3CC(=O)N3CCOCC3)oc2CN1. The molecule has 0 aliphatic carbocycles. The van der Waals surface area contributed by atoms with Crippen molar-refractivity contribution in [3.05, 3.63) is 46.1 Å². The molecular weight excluding hydrogens is 632 g/mol. The van der Waals surface area contributed by atoms with Gasteiger partial charge in [-0.25, -0.2) is 13.4 Å².